The molecule has 2 N–H and O–H groups in total. The fourth-order valence-corrected chi connectivity index (χ4v) is 3.10. The number of ether oxygens (including phenoxy) is 1. The van der Waals surface area contributed by atoms with Gasteiger partial charge >= 0.3 is 5.97 Å². The number of carbonyl (C=O) groups excluding carboxylic acids is 3. The SMILES string of the molecule is CCN(c1ccc(NC(=O)COC(=O)CNC(=O)c2ccc(Br)cc2)cc1)C(C)C. The van der Waals surface area contributed by atoms with Crippen molar-refractivity contribution in [2.45, 2.75) is 26.8 Å². The average molecular weight is 476 g/mol. The van der Waals surface area contributed by atoms with Gasteiger partial charge in [0, 0.05) is 34.0 Å². The van der Waals surface area contributed by atoms with Gasteiger partial charge in [0.25, 0.3) is 11.8 Å². The Morgan fingerprint density at radius 1 is 1.03 bits per heavy atom. The summed E-state index contributed by atoms with van der Waals surface area (Å²) in [6, 6.07) is 14.6. The number of amides is 2. The number of anilines is 2. The highest BCUT2D eigenvalue weighted by Crippen LogP contribution is 2.19. The van der Waals surface area contributed by atoms with Gasteiger partial charge in [-0.1, -0.05) is 15.9 Å². The Bertz CT molecular complexity index is 867. The number of benzene rings is 2. The molecule has 0 saturated heterocycles. The number of nitrogens with zero attached hydrogens (tertiary/aromatic N) is 1. The van der Waals surface area contributed by atoms with Gasteiger partial charge in [0.2, 0.25) is 0 Å². The molecule has 2 amide bonds. The van der Waals surface area contributed by atoms with Crippen molar-refractivity contribution in [1.29, 1.82) is 0 Å². The van der Waals surface area contributed by atoms with Gasteiger partial charge in [0.05, 0.1) is 0 Å². The van der Waals surface area contributed by atoms with Gasteiger partial charge in [-0.15, -0.1) is 0 Å². The van der Waals surface area contributed by atoms with E-state index in [-0.39, 0.29) is 6.54 Å². The Balaban J connectivity index is 1.75. The Morgan fingerprint density at radius 2 is 1.67 bits per heavy atom. The minimum absolute atomic E-state index is 0.321. The van der Waals surface area contributed by atoms with E-state index in [4.69, 9.17) is 4.74 Å². The number of nitrogens with one attached hydrogen (secondary N) is 2. The summed E-state index contributed by atoms with van der Waals surface area (Å²) in [4.78, 5) is 38.0. The largest absolute Gasteiger partial charge is 0.454 e. The number of carbonyl (C=O) groups is 3. The monoisotopic (exact) mass is 475 g/mol. The molecule has 0 fully saturated rings. The van der Waals surface area contributed by atoms with Crippen LogP contribution in [0.1, 0.15) is 31.1 Å². The van der Waals surface area contributed by atoms with Crippen molar-refractivity contribution in [2.75, 3.05) is 29.9 Å². The summed E-state index contributed by atoms with van der Waals surface area (Å²) >= 11 is 3.29. The third-order valence-corrected chi connectivity index (χ3v) is 4.84. The molecular formula is C22H26BrN3O4. The second-order valence-corrected chi connectivity index (χ2v) is 7.74. The Hall–Kier alpha value is -2.87. The highest BCUT2D eigenvalue weighted by atomic mass is 79.9. The van der Waals surface area contributed by atoms with Crippen LogP contribution in [0.5, 0.6) is 0 Å². The minimum atomic E-state index is -0.693. The predicted molar refractivity (Wildman–Crippen MR) is 121 cm³/mol. The van der Waals surface area contributed by atoms with E-state index in [0.29, 0.717) is 17.3 Å². The summed E-state index contributed by atoms with van der Waals surface area (Å²) in [7, 11) is 0. The van der Waals surface area contributed by atoms with Crippen LogP contribution >= 0.6 is 15.9 Å². The molecule has 2 aromatic carbocycles. The quantitative estimate of drug-likeness (QED) is 0.541. The topological polar surface area (TPSA) is 87.7 Å². The smallest absolute Gasteiger partial charge is 0.325 e. The van der Waals surface area contributed by atoms with Gasteiger partial charge in [0.15, 0.2) is 6.61 Å². The van der Waals surface area contributed by atoms with E-state index in [2.05, 4.69) is 52.2 Å². The highest BCUT2D eigenvalue weighted by Gasteiger charge is 2.12. The summed E-state index contributed by atoms with van der Waals surface area (Å²) < 4.78 is 5.76. The first-order chi connectivity index (χ1) is 14.3. The Kier molecular flexibility index (Phi) is 8.86. The minimum Gasteiger partial charge on any atom is -0.454 e. The molecule has 0 spiro atoms. The van der Waals surface area contributed by atoms with Crippen molar-refractivity contribution in [2.24, 2.45) is 0 Å². The van der Waals surface area contributed by atoms with Crippen LogP contribution in [-0.2, 0) is 14.3 Å². The first-order valence-electron chi connectivity index (χ1n) is 9.66. The second-order valence-electron chi connectivity index (χ2n) is 6.83. The van der Waals surface area contributed by atoms with Gasteiger partial charge in [-0.2, -0.15) is 0 Å². The average Bonchev–Trinajstić information content (AvgIpc) is 2.72. The van der Waals surface area contributed by atoms with Crippen molar-refractivity contribution in [1.82, 2.24) is 5.32 Å². The molecule has 2 aromatic rings. The first kappa shape index (κ1) is 23.4. The number of hydrogen-bond acceptors (Lipinski definition) is 5. The van der Waals surface area contributed by atoms with Crippen molar-refractivity contribution in [3.8, 4) is 0 Å². The number of esters is 1. The summed E-state index contributed by atoms with van der Waals surface area (Å²) in [6.07, 6.45) is 0. The molecule has 0 radical (unpaired) electrons. The number of hydrogen-bond donors (Lipinski definition) is 2. The van der Waals surface area contributed by atoms with Gasteiger partial charge in [-0.25, -0.2) is 0 Å². The molecule has 160 valence electrons. The molecule has 0 aromatic heterocycles. The summed E-state index contributed by atoms with van der Waals surface area (Å²) in [5.41, 5.74) is 2.10. The van der Waals surface area contributed by atoms with Crippen LogP contribution < -0.4 is 15.5 Å². The van der Waals surface area contributed by atoms with E-state index in [0.717, 1.165) is 16.7 Å². The third kappa shape index (κ3) is 7.18. The van der Waals surface area contributed by atoms with E-state index in [9.17, 15) is 14.4 Å². The van der Waals surface area contributed by atoms with Crippen LogP contribution in [0.3, 0.4) is 0 Å². The zero-order valence-electron chi connectivity index (χ0n) is 17.3. The van der Waals surface area contributed by atoms with Crippen molar-refractivity contribution >= 4 is 45.1 Å². The summed E-state index contributed by atoms with van der Waals surface area (Å²) in [5.74, 6) is -1.54. The lowest BCUT2D eigenvalue weighted by atomic mass is 10.2. The van der Waals surface area contributed by atoms with Crippen LogP contribution in [0.15, 0.2) is 53.0 Å². The van der Waals surface area contributed by atoms with Crippen LogP contribution in [0.4, 0.5) is 11.4 Å². The van der Waals surface area contributed by atoms with Gasteiger partial charge in [-0.05, 0) is 69.3 Å². The van der Waals surface area contributed by atoms with E-state index in [1.54, 1.807) is 36.4 Å². The zero-order chi connectivity index (χ0) is 22.1. The van der Waals surface area contributed by atoms with Gasteiger partial charge in [0.1, 0.15) is 6.54 Å². The zero-order valence-corrected chi connectivity index (χ0v) is 18.9. The molecular weight excluding hydrogens is 450 g/mol. The van der Waals surface area contributed by atoms with Crippen LogP contribution in [0.25, 0.3) is 0 Å². The molecule has 2 rings (SSSR count). The van der Waals surface area contributed by atoms with E-state index >= 15 is 0 Å². The molecule has 30 heavy (non-hydrogen) atoms. The van der Waals surface area contributed by atoms with Crippen LogP contribution in [-0.4, -0.2) is 43.5 Å². The Morgan fingerprint density at radius 3 is 2.23 bits per heavy atom. The van der Waals surface area contributed by atoms with Gasteiger partial charge in [-0.3, -0.25) is 14.4 Å². The molecule has 0 bridgehead atoms. The lowest BCUT2D eigenvalue weighted by molar-refractivity contribution is -0.146. The van der Waals surface area contributed by atoms with E-state index in [1.807, 2.05) is 12.1 Å². The standard InChI is InChI=1S/C22H26BrN3O4/c1-4-26(15(2)3)19-11-9-18(10-12-19)25-20(27)14-30-21(28)13-24-22(29)16-5-7-17(23)8-6-16/h5-12,15H,4,13-14H2,1-3H3,(H,24,29)(H,25,27). The van der Waals surface area contributed by atoms with Gasteiger partial charge < -0.3 is 20.3 Å². The highest BCUT2D eigenvalue weighted by molar-refractivity contribution is 9.10. The first-order valence-corrected chi connectivity index (χ1v) is 10.5. The van der Waals surface area contributed by atoms with Crippen molar-refractivity contribution < 1.29 is 19.1 Å². The molecule has 0 aliphatic carbocycles. The molecule has 0 atom stereocenters. The summed E-state index contributed by atoms with van der Waals surface area (Å²) in [5, 5.41) is 5.14. The maximum atomic E-state index is 12.0. The molecule has 0 heterocycles. The predicted octanol–water partition coefficient (Wildman–Crippen LogP) is 3.60. The molecule has 0 saturated carbocycles. The normalized spacial score (nSPS) is 10.4. The molecule has 0 aliphatic rings. The van der Waals surface area contributed by atoms with E-state index < -0.39 is 24.4 Å². The molecule has 8 heteroatoms. The van der Waals surface area contributed by atoms with Crippen molar-refractivity contribution in [3.63, 3.8) is 0 Å². The molecule has 0 aliphatic heterocycles. The van der Waals surface area contributed by atoms with E-state index in [1.165, 1.54) is 0 Å². The van der Waals surface area contributed by atoms with Crippen LogP contribution in [0, 0.1) is 0 Å². The fourth-order valence-electron chi connectivity index (χ4n) is 2.83. The third-order valence-electron chi connectivity index (χ3n) is 4.31. The molecule has 7 nitrogen and oxygen atoms in total. The lowest BCUT2D eigenvalue weighted by Gasteiger charge is -2.27. The molecule has 0 unspecified atom stereocenters. The van der Waals surface area contributed by atoms with Crippen molar-refractivity contribution in [3.05, 3.63) is 58.6 Å². The maximum Gasteiger partial charge on any atom is 0.325 e. The second kappa shape index (κ2) is 11.3. The number of halogens is 1. The fraction of sp³-hybridized carbons (Fsp3) is 0.318. The summed E-state index contributed by atoms with van der Waals surface area (Å²) in [6.45, 7) is 6.47. The lowest BCUT2D eigenvalue weighted by Crippen LogP contribution is -2.32. The Labute approximate surface area is 184 Å². The number of rotatable bonds is 9. The van der Waals surface area contributed by atoms with Crippen LogP contribution in [0.2, 0.25) is 0 Å². The maximum absolute atomic E-state index is 12.0.